The molecule has 0 unspecified atom stereocenters. The molecule has 1 aromatic heterocycles. The first-order chi connectivity index (χ1) is 13.1. The molecule has 0 saturated carbocycles. The van der Waals surface area contributed by atoms with E-state index >= 15 is 0 Å². The van der Waals surface area contributed by atoms with Crippen molar-refractivity contribution < 1.29 is 0 Å². The first-order valence-electron chi connectivity index (χ1n) is 9.12. The number of pyridine rings is 1. The lowest BCUT2D eigenvalue weighted by Gasteiger charge is -2.35. The van der Waals surface area contributed by atoms with Gasteiger partial charge in [-0.15, -0.1) is 0 Å². The van der Waals surface area contributed by atoms with Crippen molar-refractivity contribution in [3.05, 3.63) is 75.0 Å². The monoisotopic (exact) mass is 377 g/mol. The average molecular weight is 378 g/mol. The Labute approximate surface area is 163 Å². The maximum atomic E-state index is 12.7. The van der Waals surface area contributed by atoms with Crippen LogP contribution in [0.15, 0.2) is 53.3 Å². The van der Waals surface area contributed by atoms with Crippen molar-refractivity contribution in [3.63, 3.8) is 0 Å². The predicted octanol–water partition coefficient (Wildman–Crippen LogP) is 4.45. The Morgan fingerprint density at radius 1 is 1.07 bits per heavy atom. The van der Waals surface area contributed by atoms with Gasteiger partial charge in [-0.05, 0) is 42.5 Å². The number of fused-ring (bicyclic) bond motifs is 1. The van der Waals surface area contributed by atoms with Crippen LogP contribution >= 0.6 is 11.6 Å². The molecule has 4 rings (SSSR count). The van der Waals surface area contributed by atoms with E-state index in [-0.39, 0.29) is 11.1 Å². The van der Waals surface area contributed by atoms with Crippen LogP contribution < -0.4 is 10.5 Å². The van der Waals surface area contributed by atoms with Crippen LogP contribution in [-0.4, -0.2) is 17.7 Å². The molecule has 4 nitrogen and oxygen atoms in total. The third-order valence-electron chi connectivity index (χ3n) is 5.54. The summed E-state index contributed by atoms with van der Waals surface area (Å²) < 4.78 is 1.57. The molecule has 0 atom stereocenters. The minimum Gasteiger partial charge on any atom is -0.370 e. The quantitative estimate of drug-likeness (QED) is 0.663. The van der Waals surface area contributed by atoms with Gasteiger partial charge in [0, 0.05) is 30.5 Å². The average Bonchev–Trinajstić information content (AvgIpc) is 2.71. The summed E-state index contributed by atoms with van der Waals surface area (Å²) in [7, 11) is 1.72. The Bertz CT molecular complexity index is 1090. The van der Waals surface area contributed by atoms with E-state index in [1.807, 2.05) is 36.4 Å². The minimum absolute atomic E-state index is 0.231. The van der Waals surface area contributed by atoms with Crippen molar-refractivity contribution in [2.45, 2.75) is 18.8 Å². The summed E-state index contributed by atoms with van der Waals surface area (Å²) in [5.74, 6) is 0.474. The van der Waals surface area contributed by atoms with Gasteiger partial charge in [-0.3, -0.25) is 4.79 Å². The lowest BCUT2D eigenvalue weighted by molar-refractivity contribution is 0.506. The number of benzene rings is 2. The number of rotatable bonds is 2. The molecular formula is C22H20ClN3O. The molecule has 5 heteroatoms. The van der Waals surface area contributed by atoms with Gasteiger partial charge in [0.1, 0.15) is 11.6 Å². The first-order valence-corrected chi connectivity index (χ1v) is 9.50. The van der Waals surface area contributed by atoms with Gasteiger partial charge in [-0.25, -0.2) is 0 Å². The second kappa shape index (κ2) is 7.09. The van der Waals surface area contributed by atoms with Crippen LogP contribution in [0.2, 0.25) is 5.02 Å². The summed E-state index contributed by atoms with van der Waals surface area (Å²) in [5.41, 5.74) is 2.95. The van der Waals surface area contributed by atoms with Crippen molar-refractivity contribution in [1.29, 1.82) is 5.26 Å². The van der Waals surface area contributed by atoms with E-state index in [9.17, 15) is 10.1 Å². The maximum absolute atomic E-state index is 12.7. The van der Waals surface area contributed by atoms with Gasteiger partial charge in [-0.2, -0.15) is 5.26 Å². The number of hydrogen-bond donors (Lipinski definition) is 0. The highest BCUT2D eigenvalue weighted by atomic mass is 35.5. The van der Waals surface area contributed by atoms with Crippen LogP contribution in [0, 0.1) is 11.3 Å². The van der Waals surface area contributed by atoms with Crippen LogP contribution in [0.1, 0.15) is 29.9 Å². The topological polar surface area (TPSA) is 49.0 Å². The lowest BCUT2D eigenvalue weighted by Crippen LogP contribution is -2.35. The van der Waals surface area contributed by atoms with Crippen LogP contribution in [0.3, 0.4) is 0 Å². The molecule has 2 aromatic carbocycles. The summed E-state index contributed by atoms with van der Waals surface area (Å²) in [6, 6.07) is 18.0. The lowest BCUT2D eigenvalue weighted by atomic mass is 9.89. The number of piperidine rings is 1. The highest BCUT2D eigenvalue weighted by Gasteiger charge is 2.25. The van der Waals surface area contributed by atoms with Gasteiger partial charge >= 0.3 is 0 Å². The number of nitrogens with zero attached hydrogens (tertiary/aromatic N) is 3. The molecule has 1 fully saturated rings. The zero-order chi connectivity index (χ0) is 19.0. The number of para-hydroxylation sites is 1. The van der Waals surface area contributed by atoms with Gasteiger partial charge in [0.25, 0.3) is 5.56 Å². The van der Waals surface area contributed by atoms with Crippen LogP contribution in [0.5, 0.6) is 0 Å². The Morgan fingerprint density at radius 3 is 2.41 bits per heavy atom. The van der Waals surface area contributed by atoms with E-state index in [0.717, 1.165) is 47.5 Å². The molecule has 0 radical (unpaired) electrons. The molecule has 0 spiro atoms. The minimum atomic E-state index is -0.231. The van der Waals surface area contributed by atoms with E-state index in [1.165, 1.54) is 5.56 Å². The van der Waals surface area contributed by atoms with Crippen molar-refractivity contribution in [2.75, 3.05) is 18.0 Å². The van der Waals surface area contributed by atoms with E-state index < -0.39 is 0 Å². The Kier molecular flexibility index (Phi) is 4.63. The van der Waals surface area contributed by atoms with E-state index in [2.05, 4.69) is 23.1 Å². The number of halogens is 1. The second-order valence-corrected chi connectivity index (χ2v) is 7.47. The Hall–Kier alpha value is -2.77. The smallest absolute Gasteiger partial charge is 0.270 e. The molecule has 0 aliphatic carbocycles. The Morgan fingerprint density at radius 2 is 1.74 bits per heavy atom. The predicted molar refractivity (Wildman–Crippen MR) is 110 cm³/mol. The SMILES string of the molecule is Cn1c(=O)c(C#N)c(N2CCC(c3ccc(Cl)cc3)CC2)c2ccccc21. The van der Waals surface area contributed by atoms with Gasteiger partial charge in [0.2, 0.25) is 0 Å². The summed E-state index contributed by atoms with van der Waals surface area (Å²) in [6.45, 7) is 1.64. The van der Waals surface area contributed by atoms with Gasteiger partial charge in [-0.1, -0.05) is 41.9 Å². The van der Waals surface area contributed by atoms with Crippen molar-refractivity contribution in [1.82, 2.24) is 4.57 Å². The number of nitriles is 1. The van der Waals surface area contributed by atoms with Crippen LogP contribution in [-0.2, 0) is 7.05 Å². The van der Waals surface area contributed by atoms with Crippen molar-refractivity contribution in [3.8, 4) is 6.07 Å². The molecular weight excluding hydrogens is 358 g/mol. The second-order valence-electron chi connectivity index (χ2n) is 7.03. The van der Waals surface area contributed by atoms with Crippen LogP contribution in [0.4, 0.5) is 5.69 Å². The van der Waals surface area contributed by atoms with E-state index in [1.54, 1.807) is 11.6 Å². The number of aromatic nitrogens is 1. The third-order valence-corrected chi connectivity index (χ3v) is 5.79. The van der Waals surface area contributed by atoms with Crippen molar-refractivity contribution in [2.24, 2.45) is 7.05 Å². The molecule has 3 aromatic rings. The van der Waals surface area contributed by atoms with Gasteiger partial charge in [0.15, 0.2) is 0 Å². The molecule has 0 amide bonds. The number of anilines is 1. The van der Waals surface area contributed by atoms with Gasteiger partial charge < -0.3 is 9.47 Å². The van der Waals surface area contributed by atoms with E-state index in [4.69, 9.17) is 11.6 Å². The van der Waals surface area contributed by atoms with E-state index in [0.29, 0.717) is 5.92 Å². The zero-order valence-corrected chi connectivity index (χ0v) is 15.9. The molecule has 27 heavy (non-hydrogen) atoms. The van der Waals surface area contributed by atoms with Crippen LogP contribution in [0.25, 0.3) is 10.9 Å². The fraction of sp³-hybridized carbons (Fsp3) is 0.273. The molecule has 2 heterocycles. The summed E-state index contributed by atoms with van der Waals surface area (Å²) in [6.07, 6.45) is 1.96. The summed E-state index contributed by atoms with van der Waals surface area (Å²) >= 11 is 6.00. The number of aryl methyl sites for hydroxylation is 1. The molecule has 136 valence electrons. The normalized spacial score (nSPS) is 15.1. The highest BCUT2D eigenvalue weighted by Crippen LogP contribution is 2.35. The molecule has 1 saturated heterocycles. The molecule has 1 aliphatic heterocycles. The largest absolute Gasteiger partial charge is 0.370 e. The first kappa shape index (κ1) is 17.6. The highest BCUT2D eigenvalue weighted by molar-refractivity contribution is 6.30. The zero-order valence-electron chi connectivity index (χ0n) is 15.2. The van der Waals surface area contributed by atoms with Crippen molar-refractivity contribution >= 4 is 28.2 Å². The molecule has 0 bridgehead atoms. The Balaban J connectivity index is 1.70. The standard InChI is InChI=1S/C22H20ClN3O/c1-25-20-5-3-2-4-18(20)21(19(14-24)22(25)27)26-12-10-16(11-13-26)15-6-8-17(23)9-7-15/h2-9,16H,10-13H2,1H3. The summed E-state index contributed by atoms with van der Waals surface area (Å²) in [5, 5.41) is 11.4. The molecule has 0 N–H and O–H groups in total. The third kappa shape index (κ3) is 3.09. The fourth-order valence-electron chi connectivity index (χ4n) is 4.08. The maximum Gasteiger partial charge on any atom is 0.270 e. The van der Waals surface area contributed by atoms with Gasteiger partial charge in [0.05, 0.1) is 11.2 Å². The number of hydrogen-bond acceptors (Lipinski definition) is 3. The summed E-state index contributed by atoms with van der Waals surface area (Å²) in [4.78, 5) is 14.9. The molecule has 1 aliphatic rings. The fourth-order valence-corrected chi connectivity index (χ4v) is 4.21.